The van der Waals surface area contributed by atoms with E-state index in [-0.39, 0.29) is 5.95 Å². The van der Waals surface area contributed by atoms with Gasteiger partial charge in [0, 0.05) is 0 Å². The van der Waals surface area contributed by atoms with Crippen molar-refractivity contribution in [1.82, 2.24) is 9.97 Å². The topological polar surface area (TPSA) is 72.1 Å². The molecule has 0 aliphatic carbocycles. The molecule has 12 heavy (non-hydrogen) atoms. The minimum Gasteiger partial charge on any atom is -0.350 e. The van der Waals surface area contributed by atoms with Crippen molar-refractivity contribution < 1.29 is 9.18 Å². The molecule has 7 heteroatoms. The van der Waals surface area contributed by atoms with Crippen molar-refractivity contribution in [3.8, 4) is 0 Å². The summed E-state index contributed by atoms with van der Waals surface area (Å²) in [6.07, 6.45) is 1.82. The fourth-order valence-corrected chi connectivity index (χ4v) is 0.617. The highest BCUT2D eigenvalue weighted by molar-refractivity contribution is 7.82. The van der Waals surface area contributed by atoms with Crippen molar-refractivity contribution in [2.75, 3.05) is 4.31 Å². The summed E-state index contributed by atoms with van der Waals surface area (Å²) in [5.74, 6) is -0.655. The zero-order valence-electron chi connectivity index (χ0n) is 5.81. The molecule has 0 aliphatic rings. The van der Waals surface area contributed by atoms with Crippen LogP contribution in [-0.4, -0.2) is 16.0 Å². The molecule has 2 amide bonds. The normalized spacial score (nSPS) is 9.50. The highest BCUT2D eigenvalue weighted by Gasteiger charge is 2.09. The summed E-state index contributed by atoms with van der Waals surface area (Å²) in [5.41, 5.74) is 4.84. The Balaban J connectivity index is 2.89. The van der Waals surface area contributed by atoms with Gasteiger partial charge in [-0.15, -0.1) is 0 Å². The molecule has 5 nitrogen and oxygen atoms in total. The van der Waals surface area contributed by atoms with Crippen molar-refractivity contribution in [3.63, 3.8) is 0 Å². The largest absolute Gasteiger partial charge is 0.350 e. The third kappa shape index (κ3) is 1.82. The molecule has 0 fully saturated rings. The van der Waals surface area contributed by atoms with Crippen LogP contribution in [0, 0.1) is 5.82 Å². The fourth-order valence-electron chi connectivity index (χ4n) is 0.513. The number of hydrogen-bond acceptors (Lipinski definition) is 4. The zero-order chi connectivity index (χ0) is 9.14. The highest BCUT2D eigenvalue weighted by Crippen LogP contribution is 2.07. The van der Waals surface area contributed by atoms with Crippen molar-refractivity contribution >= 4 is 24.8 Å². The molecule has 0 unspecified atom stereocenters. The molecular formula is C5H5FN4OS. The number of carbonyl (C=O) groups excluding carboxylic acids is 1. The van der Waals surface area contributed by atoms with Gasteiger partial charge in [-0.05, 0) is 0 Å². The van der Waals surface area contributed by atoms with Crippen molar-refractivity contribution in [1.29, 1.82) is 0 Å². The van der Waals surface area contributed by atoms with Gasteiger partial charge in [-0.25, -0.2) is 23.5 Å². The molecule has 0 aromatic carbocycles. The van der Waals surface area contributed by atoms with Gasteiger partial charge >= 0.3 is 6.03 Å². The summed E-state index contributed by atoms with van der Waals surface area (Å²) in [5, 5.41) is 0. The molecule has 0 aliphatic heterocycles. The summed E-state index contributed by atoms with van der Waals surface area (Å²) in [7, 11) is 0. The van der Waals surface area contributed by atoms with Crippen molar-refractivity contribution in [3.05, 3.63) is 18.2 Å². The van der Waals surface area contributed by atoms with E-state index in [4.69, 9.17) is 5.73 Å². The number of hydrogen-bond donors (Lipinski definition) is 2. The molecule has 1 rings (SSSR count). The second-order valence-corrected chi connectivity index (χ2v) is 2.25. The molecule has 64 valence electrons. The van der Waals surface area contributed by atoms with E-state index in [1.165, 1.54) is 0 Å². The van der Waals surface area contributed by atoms with Crippen molar-refractivity contribution in [2.24, 2.45) is 5.73 Å². The lowest BCUT2D eigenvalue weighted by Crippen LogP contribution is -2.28. The first-order valence-electron chi connectivity index (χ1n) is 2.87. The molecule has 0 saturated heterocycles. The Morgan fingerprint density at radius 2 is 2.08 bits per heavy atom. The lowest BCUT2D eigenvalue weighted by Gasteiger charge is -2.08. The Bertz CT molecular complexity index is 290. The summed E-state index contributed by atoms with van der Waals surface area (Å²) in [4.78, 5) is 17.4. The maximum Gasteiger partial charge on any atom is 0.331 e. The lowest BCUT2D eigenvalue weighted by molar-refractivity contribution is 0.257. The quantitative estimate of drug-likeness (QED) is 0.624. The number of amides is 2. The molecule has 0 bridgehead atoms. The Labute approximate surface area is 73.0 Å². The Morgan fingerprint density at radius 1 is 1.58 bits per heavy atom. The van der Waals surface area contributed by atoms with Gasteiger partial charge in [0.05, 0.1) is 12.4 Å². The maximum absolute atomic E-state index is 12.3. The lowest BCUT2D eigenvalue weighted by atomic mass is 10.6. The van der Waals surface area contributed by atoms with Crippen LogP contribution in [0.4, 0.5) is 15.1 Å². The predicted molar refractivity (Wildman–Crippen MR) is 43.0 cm³/mol. The molecule has 0 spiro atoms. The second kappa shape index (κ2) is 3.35. The fraction of sp³-hybridized carbons (Fsp3) is 0. The van der Waals surface area contributed by atoms with Gasteiger partial charge in [-0.2, -0.15) is 0 Å². The van der Waals surface area contributed by atoms with Gasteiger partial charge in [0.1, 0.15) is 0 Å². The summed E-state index contributed by atoms with van der Waals surface area (Å²) in [6, 6.07) is -0.829. The molecule has 0 radical (unpaired) electrons. The molecule has 2 N–H and O–H groups in total. The smallest absolute Gasteiger partial charge is 0.331 e. The van der Waals surface area contributed by atoms with E-state index in [9.17, 15) is 9.18 Å². The van der Waals surface area contributed by atoms with Crippen LogP contribution in [0.3, 0.4) is 0 Å². The van der Waals surface area contributed by atoms with Crippen LogP contribution in [0.2, 0.25) is 0 Å². The third-order valence-corrected chi connectivity index (χ3v) is 1.38. The number of nitrogens with zero attached hydrogens (tertiary/aromatic N) is 3. The average Bonchev–Trinajstić information content (AvgIpc) is 2.04. The van der Waals surface area contributed by atoms with E-state index >= 15 is 0 Å². The van der Waals surface area contributed by atoms with Crippen LogP contribution in [0.15, 0.2) is 12.4 Å². The van der Waals surface area contributed by atoms with Gasteiger partial charge < -0.3 is 5.73 Å². The summed E-state index contributed by atoms with van der Waals surface area (Å²) >= 11 is 3.66. The molecule has 1 aromatic heterocycles. The van der Waals surface area contributed by atoms with Crippen LogP contribution in [-0.2, 0) is 0 Å². The Morgan fingerprint density at radius 3 is 2.50 bits per heavy atom. The van der Waals surface area contributed by atoms with Gasteiger partial charge in [-0.1, -0.05) is 12.8 Å². The number of primary amides is 1. The van der Waals surface area contributed by atoms with Gasteiger partial charge in [-0.3, -0.25) is 0 Å². The minimum absolute atomic E-state index is 0.0627. The van der Waals surface area contributed by atoms with E-state index in [2.05, 4.69) is 22.8 Å². The van der Waals surface area contributed by atoms with Crippen LogP contribution < -0.4 is 10.0 Å². The monoisotopic (exact) mass is 188 g/mol. The van der Waals surface area contributed by atoms with Gasteiger partial charge in [0.15, 0.2) is 5.82 Å². The summed E-state index contributed by atoms with van der Waals surface area (Å²) < 4.78 is 13.0. The number of aromatic nitrogens is 2. The highest BCUT2D eigenvalue weighted by atomic mass is 32.1. The number of halogens is 1. The van der Waals surface area contributed by atoms with Crippen LogP contribution in [0.25, 0.3) is 0 Å². The second-order valence-electron chi connectivity index (χ2n) is 1.85. The van der Waals surface area contributed by atoms with E-state index in [0.717, 1.165) is 12.4 Å². The third-order valence-electron chi connectivity index (χ3n) is 1.00. The molecular weight excluding hydrogens is 183 g/mol. The van der Waals surface area contributed by atoms with Crippen LogP contribution >= 0.6 is 12.8 Å². The first-order chi connectivity index (χ1) is 5.61. The number of nitrogens with two attached hydrogens (primary N) is 1. The number of rotatable bonds is 1. The van der Waals surface area contributed by atoms with E-state index in [1.807, 2.05) is 0 Å². The van der Waals surface area contributed by atoms with Crippen LogP contribution in [0.1, 0.15) is 0 Å². The molecule has 1 heterocycles. The molecule has 1 aromatic rings. The van der Waals surface area contributed by atoms with Gasteiger partial charge in [0.25, 0.3) is 0 Å². The van der Waals surface area contributed by atoms with Crippen molar-refractivity contribution in [2.45, 2.75) is 0 Å². The van der Waals surface area contributed by atoms with E-state index < -0.39 is 11.8 Å². The van der Waals surface area contributed by atoms with Crippen LogP contribution in [0.5, 0.6) is 0 Å². The Hall–Kier alpha value is -1.37. The van der Waals surface area contributed by atoms with Gasteiger partial charge in [0.2, 0.25) is 5.95 Å². The van der Waals surface area contributed by atoms with E-state index in [1.54, 1.807) is 0 Å². The minimum atomic E-state index is -0.829. The Kier molecular flexibility index (Phi) is 2.44. The molecule has 0 atom stereocenters. The number of carbonyl (C=O) groups is 1. The standard InChI is InChI=1S/C5H5FN4OS/c6-3-1-8-5(9-2-3)10(12)4(7)11/h1-2,12H,(H2,7,11). The number of urea groups is 1. The maximum atomic E-state index is 12.3. The average molecular weight is 188 g/mol. The van der Waals surface area contributed by atoms with E-state index in [0.29, 0.717) is 4.31 Å². The number of thiol groups is 1. The SMILES string of the molecule is NC(=O)N(S)c1ncc(F)cn1. The number of anilines is 1. The summed E-state index contributed by atoms with van der Waals surface area (Å²) in [6.45, 7) is 0. The zero-order valence-corrected chi connectivity index (χ0v) is 6.70. The first-order valence-corrected chi connectivity index (χ1v) is 3.27. The first kappa shape index (κ1) is 8.72. The predicted octanol–water partition coefficient (Wildman–Crippen LogP) is 0.346. The molecule has 0 saturated carbocycles.